The third-order valence-corrected chi connectivity index (χ3v) is 2.67. The molecule has 5 heteroatoms. The van der Waals surface area contributed by atoms with Gasteiger partial charge in [0.05, 0.1) is 5.39 Å². The molecule has 1 heterocycles. The van der Waals surface area contributed by atoms with E-state index in [2.05, 4.69) is 5.16 Å². The Balaban J connectivity index is 2.25. The fourth-order valence-corrected chi connectivity index (χ4v) is 1.80. The second-order valence-electron chi connectivity index (χ2n) is 3.81. The molecule has 90 valence electrons. The van der Waals surface area contributed by atoms with Crippen molar-refractivity contribution in [3.05, 3.63) is 48.0 Å². The van der Waals surface area contributed by atoms with Crippen LogP contribution in [0.5, 0.6) is 5.75 Å². The zero-order valence-corrected chi connectivity index (χ0v) is 9.02. The lowest BCUT2D eigenvalue weighted by molar-refractivity contribution is 0.424. The molecule has 3 rings (SSSR count). The van der Waals surface area contributed by atoms with Gasteiger partial charge in [-0.2, -0.15) is 0 Å². The third kappa shape index (κ3) is 1.52. The first-order valence-electron chi connectivity index (χ1n) is 5.19. The number of para-hydroxylation sites is 1. The van der Waals surface area contributed by atoms with Gasteiger partial charge < -0.3 is 9.63 Å². The summed E-state index contributed by atoms with van der Waals surface area (Å²) < 4.78 is 31.0. The molecule has 0 aliphatic rings. The van der Waals surface area contributed by atoms with Gasteiger partial charge in [0.1, 0.15) is 5.69 Å². The second kappa shape index (κ2) is 3.80. The van der Waals surface area contributed by atoms with Crippen LogP contribution in [0.25, 0.3) is 22.2 Å². The van der Waals surface area contributed by atoms with Gasteiger partial charge in [-0.3, -0.25) is 0 Å². The molecule has 0 amide bonds. The molecule has 0 aliphatic carbocycles. The first kappa shape index (κ1) is 10.7. The van der Waals surface area contributed by atoms with E-state index in [1.165, 1.54) is 12.1 Å². The molecule has 0 saturated heterocycles. The van der Waals surface area contributed by atoms with E-state index in [1.807, 2.05) is 0 Å². The van der Waals surface area contributed by atoms with E-state index in [-0.39, 0.29) is 11.3 Å². The number of phenolic OH excluding ortho intramolecular Hbond substituents is 1. The number of benzene rings is 2. The number of nitrogens with zero attached hydrogens (tertiary/aromatic N) is 1. The Hall–Kier alpha value is -2.43. The Morgan fingerprint density at radius 2 is 1.89 bits per heavy atom. The molecular weight excluding hydrogens is 240 g/mol. The topological polar surface area (TPSA) is 46.3 Å². The van der Waals surface area contributed by atoms with E-state index < -0.39 is 11.6 Å². The summed E-state index contributed by atoms with van der Waals surface area (Å²) in [4.78, 5) is 0. The van der Waals surface area contributed by atoms with E-state index in [0.29, 0.717) is 16.6 Å². The minimum Gasteiger partial charge on any atom is -0.504 e. The van der Waals surface area contributed by atoms with E-state index >= 15 is 0 Å². The minimum atomic E-state index is -0.955. The van der Waals surface area contributed by atoms with Crippen LogP contribution in [-0.2, 0) is 0 Å². The summed E-state index contributed by atoms with van der Waals surface area (Å²) in [5.74, 6) is -1.92. The fourth-order valence-electron chi connectivity index (χ4n) is 1.80. The zero-order chi connectivity index (χ0) is 12.7. The number of fused-ring (bicyclic) bond motifs is 1. The molecule has 2 aromatic carbocycles. The standard InChI is InChI=1S/C13H7F2NO2/c14-9-5-4-7(6-10(9)15)12-8-2-1-3-11(17)13(8)18-16-12/h1-6,17H. The van der Waals surface area contributed by atoms with Crippen LogP contribution >= 0.6 is 0 Å². The van der Waals surface area contributed by atoms with Gasteiger partial charge in [-0.05, 0) is 30.3 Å². The highest BCUT2D eigenvalue weighted by molar-refractivity contribution is 5.94. The smallest absolute Gasteiger partial charge is 0.209 e. The molecule has 0 aliphatic heterocycles. The van der Waals surface area contributed by atoms with Gasteiger partial charge in [-0.1, -0.05) is 11.2 Å². The summed E-state index contributed by atoms with van der Waals surface area (Å²) in [5, 5.41) is 13.9. The van der Waals surface area contributed by atoms with Crippen molar-refractivity contribution in [2.24, 2.45) is 0 Å². The van der Waals surface area contributed by atoms with Crippen molar-refractivity contribution < 1.29 is 18.4 Å². The van der Waals surface area contributed by atoms with E-state index in [9.17, 15) is 13.9 Å². The van der Waals surface area contributed by atoms with Gasteiger partial charge in [-0.15, -0.1) is 0 Å². The van der Waals surface area contributed by atoms with Gasteiger partial charge in [-0.25, -0.2) is 8.78 Å². The van der Waals surface area contributed by atoms with Gasteiger partial charge in [0.2, 0.25) is 5.58 Å². The molecule has 0 unspecified atom stereocenters. The highest BCUT2D eigenvalue weighted by Crippen LogP contribution is 2.32. The SMILES string of the molecule is Oc1cccc2c(-c3ccc(F)c(F)c3)noc12. The first-order valence-corrected chi connectivity index (χ1v) is 5.19. The molecule has 18 heavy (non-hydrogen) atoms. The molecule has 0 bridgehead atoms. The maximum atomic E-state index is 13.2. The molecule has 0 saturated carbocycles. The number of aromatic hydroxyl groups is 1. The number of phenols is 1. The van der Waals surface area contributed by atoms with Crippen molar-refractivity contribution in [3.8, 4) is 17.0 Å². The summed E-state index contributed by atoms with van der Waals surface area (Å²) >= 11 is 0. The maximum Gasteiger partial charge on any atom is 0.209 e. The quantitative estimate of drug-likeness (QED) is 0.716. The van der Waals surface area contributed by atoms with Crippen LogP contribution in [0, 0.1) is 11.6 Å². The Labute approximate surface area is 100 Å². The van der Waals surface area contributed by atoms with E-state index in [4.69, 9.17) is 4.52 Å². The van der Waals surface area contributed by atoms with Crippen molar-refractivity contribution in [2.75, 3.05) is 0 Å². The van der Waals surface area contributed by atoms with Crippen LogP contribution in [0.2, 0.25) is 0 Å². The van der Waals surface area contributed by atoms with Crippen LogP contribution in [-0.4, -0.2) is 10.3 Å². The van der Waals surface area contributed by atoms with Crippen LogP contribution in [0.15, 0.2) is 40.9 Å². The average molecular weight is 247 g/mol. The van der Waals surface area contributed by atoms with Gasteiger partial charge in [0, 0.05) is 5.56 Å². The summed E-state index contributed by atoms with van der Waals surface area (Å²) in [6.07, 6.45) is 0. The minimum absolute atomic E-state index is 0.0474. The molecule has 3 nitrogen and oxygen atoms in total. The Morgan fingerprint density at radius 3 is 2.67 bits per heavy atom. The first-order chi connectivity index (χ1) is 8.66. The summed E-state index contributed by atoms with van der Waals surface area (Å²) in [6, 6.07) is 8.23. The Bertz CT molecular complexity index is 737. The van der Waals surface area contributed by atoms with Crippen molar-refractivity contribution in [1.82, 2.24) is 5.16 Å². The average Bonchev–Trinajstić information content (AvgIpc) is 2.78. The predicted molar refractivity (Wildman–Crippen MR) is 61.0 cm³/mol. The lowest BCUT2D eigenvalue weighted by Gasteiger charge is -1.98. The largest absolute Gasteiger partial charge is 0.504 e. The lowest BCUT2D eigenvalue weighted by Crippen LogP contribution is -1.85. The van der Waals surface area contributed by atoms with Crippen LogP contribution in [0.4, 0.5) is 8.78 Å². The number of halogens is 2. The van der Waals surface area contributed by atoms with E-state index in [0.717, 1.165) is 12.1 Å². The summed E-state index contributed by atoms with van der Waals surface area (Å²) in [7, 11) is 0. The lowest BCUT2D eigenvalue weighted by atomic mass is 10.1. The van der Waals surface area contributed by atoms with Gasteiger partial charge in [0.25, 0.3) is 0 Å². The van der Waals surface area contributed by atoms with Gasteiger partial charge >= 0.3 is 0 Å². The molecule has 0 atom stereocenters. The van der Waals surface area contributed by atoms with Crippen molar-refractivity contribution >= 4 is 11.0 Å². The number of hydrogen-bond acceptors (Lipinski definition) is 3. The third-order valence-electron chi connectivity index (χ3n) is 2.67. The van der Waals surface area contributed by atoms with Crippen LogP contribution < -0.4 is 0 Å². The molecule has 3 aromatic rings. The van der Waals surface area contributed by atoms with Crippen molar-refractivity contribution in [1.29, 1.82) is 0 Å². The zero-order valence-electron chi connectivity index (χ0n) is 9.02. The van der Waals surface area contributed by atoms with Crippen molar-refractivity contribution in [2.45, 2.75) is 0 Å². The number of hydrogen-bond donors (Lipinski definition) is 1. The Kier molecular flexibility index (Phi) is 2.26. The van der Waals surface area contributed by atoms with Crippen molar-refractivity contribution in [3.63, 3.8) is 0 Å². The number of aromatic nitrogens is 1. The van der Waals surface area contributed by atoms with E-state index in [1.54, 1.807) is 12.1 Å². The summed E-state index contributed by atoms with van der Waals surface area (Å²) in [6.45, 7) is 0. The Morgan fingerprint density at radius 1 is 1.06 bits per heavy atom. The predicted octanol–water partition coefficient (Wildman–Crippen LogP) is 3.48. The van der Waals surface area contributed by atoms with Crippen LogP contribution in [0.1, 0.15) is 0 Å². The molecular formula is C13H7F2NO2. The highest BCUT2D eigenvalue weighted by Gasteiger charge is 2.14. The van der Waals surface area contributed by atoms with Crippen LogP contribution in [0.3, 0.4) is 0 Å². The number of rotatable bonds is 1. The fraction of sp³-hybridized carbons (Fsp3) is 0. The monoisotopic (exact) mass is 247 g/mol. The molecule has 0 fully saturated rings. The van der Waals surface area contributed by atoms with Gasteiger partial charge in [0.15, 0.2) is 17.4 Å². The second-order valence-corrected chi connectivity index (χ2v) is 3.81. The molecule has 1 aromatic heterocycles. The highest BCUT2D eigenvalue weighted by atomic mass is 19.2. The molecule has 1 N–H and O–H groups in total. The molecule has 0 radical (unpaired) electrons. The maximum absolute atomic E-state index is 13.2. The normalized spacial score (nSPS) is 11.0. The summed E-state index contributed by atoms with van der Waals surface area (Å²) in [5.41, 5.74) is 0.968. The molecule has 0 spiro atoms.